The monoisotopic (exact) mass is 534 g/mol. The average molecular weight is 535 g/mol. The average Bonchev–Trinajstić information content (AvgIpc) is 2.93. The van der Waals surface area contributed by atoms with Crippen LogP contribution in [0.15, 0.2) is 24.3 Å². The quantitative estimate of drug-likeness (QED) is 0.139. The Morgan fingerprint density at radius 2 is 1.26 bits per heavy atom. The molecule has 2 saturated carbocycles. The third-order valence-corrected chi connectivity index (χ3v) is 8.59. The van der Waals surface area contributed by atoms with Gasteiger partial charge in [0.25, 0.3) is 0 Å². The van der Waals surface area contributed by atoms with Crippen molar-refractivity contribution in [3.8, 4) is 11.5 Å². The Labute approximate surface area is 222 Å². The van der Waals surface area contributed by atoms with Crippen LogP contribution < -0.4 is 9.47 Å². The molecule has 0 N–H and O–H groups in total. The van der Waals surface area contributed by atoms with Crippen LogP contribution in [0.2, 0.25) is 0 Å². The second-order valence-electron chi connectivity index (χ2n) is 10.9. The summed E-state index contributed by atoms with van der Waals surface area (Å²) in [5.41, 5.74) is 0.623. The Balaban J connectivity index is 1.32. The fraction of sp³-hybridized carbons (Fsp3) is 0.581. The fourth-order valence-corrected chi connectivity index (χ4v) is 6.24. The first-order valence-electron chi connectivity index (χ1n) is 14.0. The molecule has 0 heterocycles. The van der Waals surface area contributed by atoms with Crippen molar-refractivity contribution in [3.05, 3.63) is 58.7 Å². The molecule has 0 radical (unpaired) electrons. The summed E-state index contributed by atoms with van der Waals surface area (Å²) in [6.45, 7) is 2.19. The smallest absolute Gasteiger partial charge is 0.314 e. The number of benzene rings is 2. The molecule has 4 rings (SSSR count). The van der Waals surface area contributed by atoms with Crippen molar-refractivity contribution >= 4 is 5.97 Å². The van der Waals surface area contributed by atoms with E-state index in [1.165, 1.54) is 51.0 Å². The molecule has 0 aromatic heterocycles. The predicted molar refractivity (Wildman–Crippen MR) is 138 cm³/mol. The first-order chi connectivity index (χ1) is 18.3. The van der Waals surface area contributed by atoms with Crippen LogP contribution in [-0.4, -0.2) is 13.1 Å². The molecule has 2 aromatic rings. The van der Waals surface area contributed by atoms with Crippen LogP contribution in [0.3, 0.4) is 0 Å². The van der Waals surface area contributed by atoms with Crippen molar-refractivity contribution in [2.75, 3.05) is 7.11 Å². The normalized spacial score (nSPS) is 23.7. The van der Waals surface area contributed by atoms with Gasteiger partial charge in [-0.1, -0.05) is 44.7 Å². The standard InChI is InChI=1S/C31H38F4O3/c1-3-4-5-6-19-7-9-20(10-8-19)24-16-18-26(30(35)28(24)33)38-31(36)22-13-11-21(12-14-22)23-15-17-25(37-2)29(34)27(23)32/h15-22H,3-14H2,1-2H3. The zero-order chi connectivity index (χ0) is 27.2. The summed E-state index contributed by atoms with van der Waals surface area (Å²) in [5, 5.41) is 0. The number of hydrogen-bond donors (Lipinski definition) is 0. The van der Waals surface area contributed by atoms with Gasteiger partial charge in [0.05, 0.1) is 13.0 Å². The van der Waals surface area contributed by atoms with E-state index in [0.717, 1.165) is 25.7 Å². The Bertz CT molecular complexity index is 1100. The SMILES string of the molecule is CCCCCC1CCC(c2ccc(OC(=O)C3CCC(c4ccc(OC)c(F)c4F)CC3)c(F)c2F)CC1. The van der Waals surface area contributed by atoms with Crippen LogP contribution in [-0.2, 0) is 4.79 Å². The maximum atomic E-state index is 15.0. The number of halogens is 4. The summed E-state index contributed by atoms with van der Waals surface area (Å²) in [6, 6.07) is 5.83. The first-order valence-corrected chi connectivity index (χ1v) is 14.0. The number of methoxy groups -OCH3 is 1. The highest BCUT2D eigenvalue weighted by Gasteiger charge is 2.32. The lowest BCUT2D eigenvalue weighted by molar-refractivity contribution is -0.140. The largest absolute Gasteiger partial charge is 0.494 e. The molecule has 38 heavy (non-hydrogen) atoms. The molecule has 0 amide bonds. The van der Waals surface area contributed by atoms with E-state index < -0.39 is 40.9 Å². The fourth-order valence-electron chi connectivity index (χ4n) is 6.24. The van der Waals surface area contributed by atoms with E-state index in [9.17, 15) is 18.0 Å². The number of hydrogen-bond acceptors (Lipinski definition) is 3. The van der Waals surface area contributed by atoms with Gasteiger partial charge in [0.15, 0.2) is 23.1 Å². The molecule has 0 bridgehead atoms. The second-order valence-corrected chi connectivity index (χ2v) is 10.9. The van der Waals surface area contributed by atoms with E-state index in [2.05, 4.69) is 6.92 Å². The highest BCUT2D eigenvalue weighted by molar-refractivity contribution is 5.75. The lowest BCUT2D eigenvalue weighted by Gasteiger charge is -2.29. The van der Waals surface area contributed by atoms with E-state index in [1.807, 2.05) is 0 Å². The van der Waals surface area contributed by atoms with E-state index in [4.69, 9.17) is 9.47 Å². The third kappa shape index (κ3) is 6.35. The summed E-state index contributed by atoms with van der Waals surface area (Å²) in [5.74, 6) is -5.27. The molecule has 0 spiro atoms. The molecular formula is C31H38F4O3. The van der Waals surface area contributed by atoms with Gasteiger partial charge in [-0.05, 0) is 92.4 Å². The molecule has 0 atom stereocenters. The second kappa shape index (κ2) is 13.0. The van der Waals surface area contributed by atoms with Crippen LogP contribution >= 0.6 is 0 Å². The van der Waals surface area contributed by atoms with Crippen molar-refractivity contribution < 1.29 is 31.8 Å². The number of carbonyl (C=O) groups is 1. The molecule has 3 nitrogen and oxygen atoms in total. The van der Waals surface area contributed by atoms with Crippen LogP contribution in [0.25, 0.3) is 0 Å². The molecule has 2 fully saturated rings. The molecule has 0 saturated heterocycles. The van der Waals surface area contributed by atoms with Gasteiger partial charge in [0.1, 0.15) is 0 Å². The van der Waals surface area contributed by atoms with Gasteiger partial charge in [-0.3, -0.25) is 4.79 Å². The molecule has 2 aliphatic rings. The molecule has 7 heteroatoms. The maximum Gasteiger partial charge on any atom is 0.314 e. The van der Waals surface area contributed by atoms with E-state index in [-0.39, 0.29) is 23.1 Å². The van der Waals surface area contributed by atoms with Crippen molar-refractivity contribution in [2.24, 2.45) is 11.8 Å². The Hall–Kier alpha value is -2.57. The molecule has 2 aliphatic carbocycles. The Morgan fingerprint density at radius 1 is 0.737 bits per heavy atom. The van der Waals surface area contributed by atoms with Crippen LogP contribution in [0.4, 0.5) is 17.6 Å². The van der Waals surface area contributed by atoms with Gasteiger partial charge < -0.3 is 9.47 Å². The minimum Gasteiger partial charge on any atom is -0.494 e. The van der Waals surface area contributed by atoms with Gasteiger partial charge in [-0.2, -0.15) is 8.78 Å². The number of rotatable bonds is 9. The predicted octanol–water partition coefficient (Wildman–Crippen LogP) is 8.99. The lowest BCUT2D eigenvalue weighted by atomic mass is 9.77. The summed E-state index contributed by atoms with van der Waals surface area (Å²) >= 11 is 0. The first kappa shape index (κ1) is 28.4. The molecular weight excluding hydrogens is 496 g/mol. The van der Waals surface area contributed by atoms with E-state index >= 15 is 4.39 Å². The minimum absolute atomic E-state index is 0.0184. The molecule has 0 unspecified atom stereocenters. The van der Waals surface area contributed by atoms with Crippen LogP contribution in [0, 0.1) is 35.1 Å². The summed E-state index contributed by atoms with van der Waals surface area (Å²) in [6.07, 6.45) is 10.3. The van der Waals surface area contributed by atoms with Crippen molar-refractivity contribution in [1.82, 2.24) is 0 Å². The van der Waals surface area contributed by atoms with E-state index in [1.54, 1.807) is 6.07 Å². The third-order valence-electron chi connectivity index (χ3n) is 8.59. The zero-order valence-corrected chi connectivity index (χ0v) is 22.3. The summed E-state index contributed by atoms with van der Waals surface area (Å²) in [4.78, 5) is 12.7. The van der Waals surface area contributed by atoms with Crippen LogP contribution in [0.1, 0.15) is 107 Å². The van der Waals surface area contributed by atoms with Gasteiger partial charge in [-0.15, -0.1) is 0 Å². The summed E-state index contributed by atoms with van der Waals surface area (Å²) < 4.78 is 68.6. The summed E-state index contributed by atoms with van der Waals surface area (Å²) in [7, 11) is 1.27. The number of esters is 1. The van der Waals surface area contributed by atoms with Gasteiger partial charge in [0, 0.05) is 0 Å². The Kier molecular flexibility index (Phi) is 9.72. The number of unbranched alkanes of at least 4 members (excludes halogenated alkanes) is 2. The van der Waals surface area contributed by atoms with Gasteiger partial charge in [-0.25, -0.2) is 8.78 Å². The van der Waals surface area contributed by atoms with Crippen molar-refractivity contribution in [1.29, 1.82) is 0 Å². The number of ether oxygens (including phenoxy) is 2. The topological polar surface area (TPSA) is 35.5 Å². The molecule has 0 aliphatic heterocycles. The maximum absolute atomic E-state index is 15.0. The zero-order valence-electron chi connectivity index (χ0n) is 22.3. The van der Waals surface area contributed by atoms with Crippen molar-refractivity contribution in [3.63, 3.8) is 0 Å². The lowest BCUT2D eigenvalue weighted by Crippen LogP contribution is -2.26. The van der Waals surface area contributed by atoms with Crippen molar-refractivity contribution in [2.45, 2.75) is 95.8 Å². The van der Waals surface area contributed by atoms with Gasteiger partial charge in [0.2, 0.25) is 11.6 Å². The highest BCUT2D eigenvalue weighted by Crippen LogP contribution is 2.41. The number of carbonyl (C=O) groups excluding carboxylic acids is 1. The minimum atomic E-state index is -1.12. The Morgan fingerprint density at radius 3 is 1.82 bits per heavy atom. The molecule has 208 valence electrons. The van der Waals surface area contributed by atoms with Gasteiger partial charge >= 0.3 is 5.97 Å². The van der Waals surface area contributed by atoms with Crippen LogP contribution in [0.5, 0.6) is 11.5 Å². The van der Waals surface area contributed by atoms with E-state index in [0.29, 0.717) is 37.2 Å². The highest BCUT2D eigenvalue weighted by atomic mass is 19.2. The molecule has 2 aromatic carbocycles.